The van der Waals surface area contributed by atoms with Crippen molar-refractivity contribution in [2.75, 3.05) is 0 Å². The molecule has 2 rings (SSSR count). The molecule has 0 bridgehead atoms. The molecule has 1 heterocycles. The lowest BCUT2D eigenvalue weighted by Gasteiger charge is -2.02. The average Bonchev–Trinajstić information content (AvgIpc) is 3.00. The van der Waals surface area contributed by atoms with Crippen molar-refractivity contribution in [3.63, 3.8) is 0 Å². The molecule has 2 aromatic rings. The van der Waals surface area contributed by atoms with Gasteiger partial charge in [0.15, 0.2) is 5.78 Å². The maximum Gasteiger partial charge on any atom is 0.165 e. The molecule has 2 heteroatoms. The van der Waals surface area contributed by atoms with Crippen molar-refractivity contribution in [3.05, 3.63) is 36.0 Å². The summed E-state index contributed by atoms with van der Waals surface area (Å²) in [4.78, 5) is 15.5. The van der Waals surface area contributed by atoms with Crippen molar-refractivity contribution in [2.45, 2.75) is 77.6 Å². The largest absolute Gasteiger partial charge is 0.360 e. The normalized spacial score (nSPS) is 11.2. The summed E-state index contributed by atoms with van der Waals surface area (Å²) in [6.07, 6.45) is 15.6. The van der Waals surface area contributed by atoms with Crippen LogP contribution in [0.25, 0.3) is 10.9 Å². The molecule has 0 amide bonds. The van der Waals surface area contributed by atoms with E-state index < -0.39 is 0 Å². The first-order chi connectivity index (χ1) is 11.3. The van der Waals surface area contributed by atoms with Crippen molar-refractivity contribution in [1.29, 1.82) is 0 Å². The summed E-state index contributed by atoms with van der Waals surface area (Å²) < 4.78 is 0. The molecule has 126 valence electrons. The van der Waals surface area contributed by atoms with Crippen LogP contribution < -0.4 is 0 Å². The van der Waals surface area contributed by atoms with Gasteiger partial charge >= 0.3 is 0 Å². The van der Waals surface area contributed by atoms with E-state index in [2.05, 4.69) is 11.9 Å². The van der Waals surface area contributed by atoms with Gasteiger partial charge in [-0.1, -0.05) is 82.9 Å². The summed E-state index contributed by atoms with van der Waals surface area (Å²) in [5, 5.41) is 1.06. The fourth-order valence-corrected chi connectivity index (χ4v) is 3.21. The van der Waals surface area contributed by atoms with Gasteiger partial charge in [-0.2, -0.15) is 0 Å². The van der Waals surface area contributed by atoms with Crippen LogP contribution in [0.4, 0.5) is 0 Å². The van der Waals surface area contributed by atoms with E-state index in [-0.39, 0.29) is 5.78 Å². The van der Waals surface area contributed by atoms with Gasteiger partial charge in [0.2, 0.25) is 0 Å². The highest BCUT2D eigenvalue weighted by atomic mass is 16.1. The van der Waals surface area contributed by atoms with Gasteiger partial charge in [0.1, 0.15) is 0 Å². The van der Waals surface area contributed by atoms with E-state index in [4.69, 9.17) is 0 Å². The number of nitrogens with one attached hydrogen (secondary N) is 1. The molecule has 1 aromatic carbocycles. The Balaban J connectivity index is 1.57. The predicted molar refractivity (Wildman–Crippen MR) is 99.1 cm³/mol. The molecule has 0 radical (unpaired) electrons. The molecule has 0 unspecified atom stereocenters. The molecule has 2 nitrogen and oxygen atoms in total. The van der Waals surface area contributed by atoms with Crippen molar-refractivity contribution in [2.24, 2.45) is 0 Å². The van der Waals surface area contributed by atoms with E-state index in [1.54, 1.807) is 0 Å². The van der Waals surface area contributed by atoms with Gasteiger partial charge in [0.25, 0.3) is 0 Å². The minimum atomic E-state index is 0.280. The van der Waals surface area contributed by atoms with E-state index in [1.165, 1.54) is 57.8 Å². The fourth-order valence-electron chi connectivity index (χ4n) is 3.21. The van der Waals surface area contributed by atoms with Gasteiger partial charge in [0, 0.05) is 29.1 Å². The first kappa shape index (κ1) is 17.8. The molecule has 0 spiro atoms. The standard InChI is InChI=1S/C21H31NO/c1-2-3-4-5-6-7-8-9-10-11-16-21(23)19-17-22-20-15-13-12-14-18(19)20/h12-15,17,22H,2-11,16H2,1H3. The third kappa shape index (κ3) is 5.85. The lowest BCUT2D eigenvalue weighted by Crippen LogP contribution is -1.97. The molecule has 0 saturated carbocycles. The zero-order valence-corrected chi connectivity index (χ0v) is 14.6. The highest BCUT2D eigenvalue weighted by Crippen LogP contribution is 2.20. The smallest absolute Gasteiger partial charge is 0.165 e. The van der Waals surface area contributed by atoms with Crippen LogP contribution in [0, 0.1) is 0 Å². The number of ketones is 1. The molecule has 0 aliphatic heterocycles. The number of Topliss-reactive ketones (excluding diaryl/α,β-unsaturated/α-hetero) is 1. The maximum absolute atomic E-state index is 12.3. The van der Waals surface area contributed by atoms with Crippen LogP contribution in [0.15, 0.2) is 30.5 Å². The number of aromatic amines is 1. The molecule has 1 aromatic heterocycles. The summed E-state index contributed by atoms with van der Waals surface area (Å²) in [6, 6.07) is 8.03. The van der Waals surface area contributed by atoms with Gasteiger partial charge in [-0.3, -0.25) is 4.79 Å². The lowest BCUT2D eigenvalue weighted by atomic mass is 10.0. The Bertz CT molecular complexity index is 584. The zero-order chi connectivity index (χ0) is 16.3. The molecule has 0 aliphatic rings. The van der Waals surface area contributed by atoms with E-state index >= 15 is 0 Å². The molecule has 0 saturated heterocycles. The van der Waals surface area contributed by atoms with Crippen LogP contribution in [0.2, 0.25) is 0 Å². The molecule has 0 aliphatic carbocycles. The van der Waals surface area contributed by atoms with E-state index in [0.29, 0.717) is 6.42 Å². The first-order valence-electron chi connectivity index (χ1n) is 9.42. The van der Waals surface area contributed by atoms with E-state index in [0.717, 1.165) is 22.9 Å². The molecule has 0 fully saturated rings. The Morgan fingerprint density at radius 3 is 2.17 bits per heavy atom. The number of fused-ring (bicyclic) bond motifs is 1. The number of benzene rings is 1. The summed E-state index contributed by atoms with van der Waals surface area (Å²) in [6.45, 7) is 2.26. The number of aromatic nitrogens is 1. The van der Waals surface area contributed by atoms with E-state index in [9.17, 15) is 4.79 Å². The van der Waals surface area contributed by atoms with Crippen molar-refractivity contribution < 1.29 is 4.79 Å². The Labute approximate surface area is 140 Å². The van der Waals surface area contributed by atoms with Crippen LogP contribution >= 0.6 is 0 Å². The molecule has 23 heavy (non-hydrogen) atoms. The first-order valence-corrected chi connectivity index (χ1v) is 9.42. The van der Waals surface area contributed by atoms with E-state index in [1.807, 2.05) is 30.5 Å². The second-order valence-corrected chi connectivity index (χ2v) is 6.60. The Morgan fingerprint density at radius 2 is 1.48 bits per heavy atom. The summed E-state index contributed by atoms with van der Waals surface area (Å²) in [7, 11) is 0. The summed E-state index contributed by atoms with van der Waals surface area (Å²) in [5.74, 6) is 0.280. The number of hydrogen-bond donors (Lipinski definition) is 1. The summed E-state index contributed by atoms with van der Waals surface area (Å²) in [5.41, 5.74) is 1.91. The van der Waals surface area contributed by atoms with Crippen LogP contribution in [0.5, 0.6) is 0 Å². The monoisotopic (exact) mass is 313 g/mol. The maximum atomic E-state index is 12.3. The van der Waals surface area contributed by atoms with Crippen molar-refractivity contribution in [1.82, 2.24) is 4.98 Å². The second-order valence-electron chi connectivity index (χ2n) is 6.60. The molecule has 1 N–H and O–H groups in total. The quantitative estimate of drug-likeness (QED) is 0.345. The van der Waals surface area contributed by atoms with Gasteiger partial charge in [-0.05, 0) is 12.5 Å². The molecular weight excluding hydrogens is 282 g/mol. The van der Waals surface area contributed by atoms with Crippen LogP contribution in [-0.2, 0) is 0 Å². The Morgan fingerprint density at radius 1 is 0.870 bits per heavy atom. The number of rotatable bonds is 12. The SMILES string of the molecule is CCCCCCCCCCCCC(=O)c1c[nH]c2ccccc12. The third-order valence-corrected chi connectivity index (χ3v) is 4.65. The topological polar surface area (TPSA) is 32.9 Å². The number of unbranched alkanes of at least 4 members (excludes halogenated alkanes) is 9. The second kappa shape index (κ2) is 10.3. The Kier molecular flexibility index (Phi) is 7.92. The fraction of sp³-hybridized carbons (Fsp3) is 0.571. The number of hydrogen-bond acceptors (Lipinski definition) is 1. The van der Waals surface area contributed by atoms with Crippen molar-refractivity contribution in [3.8, 4) is 0 Å². The van der Waals surface area contributed by atoms with Gasteiger partial charge in [-0.25, -0.2) is 0 Å². The van der Waals surface area contributed by atoms with Crippen LogP contribution in [0.1, 0.15) is 87.9 Å². The Hall–Kier alpha value is -1.57. The molecular formula is C21H31NO. The van der Waals surface area contributed by atoms with Crippen LogP contribution in [0.3, 0.4) is 0 Å². The predicted octanol–water partition coefficient (Wildman–Crippen LogP) is 6.66. The minimum Gasteiger partial charge on any atom is -0.360 e. The summed E-state index contributed by atoms with van der Waals surface area (Å²) >= 11 is 0. The van der Waals surface area contributed by atoms with Gasteiger partial charge in [0.05, 0.1) is 0 Å². The number of H-pyrrole nitrogens is 1. The van der Waals surface area contributed by atoms with Crippen molar-refractivity contribution >= 4 is 16.7 Å². The highest BCUT2D eigenvalue weighted by Gasteiger charge is 2.10. The van der Waals surface area contributed by atoms with Gasteiger partial charge < -0.3 is 4.98 Å². The van der Waals surface area contributed by atoms with Gasteiger partial charge in [-0.15, -0.1) is 0 Å². The number of carbonyl (C=O) groups excluding carboxylic acids is 1. The number of carbonyl (C=O) groups is 1. The molecule has 0 atom stereocenters. The number of para-hydroxylation sites is 1. The highest BCUT2D eigenvalue weighted by molar-refractivity contribution is 6.07. The average molecular weight is 313 g/mol. The lowest BCUT2D eigenvalue weighted by molar-refractivity contribution is 0.0980. The zero-order valence-electron chi connectivity index (χ0n) is 14.6. The third-order valence-electron chi connectivity index (χ3n) is 4.65. The van der Waals surface area contributed by atoms with Crippen LogP contribution in [-0.4, -0.2) is 10.8 Å². The minimum absolute atomic E-state index is 0.280.